The van der Waals surface area contributed by atoms with Gasteiger partial charge in [0.25, 0.3) is 0 Å². The van der Waals surface area contributed by atoms with Gasteiger partial charge in [0, 0.05) is 12.0 Å². The highest BCUT2D eigenvalue weighted by Gasteiger charge is 2.28. The molecule has 0 atom stereocenters. The molecule has 8 heteroatoms. The van der Waals surface area contributed by atoms with Gasteiger partial charge in [-0.25, -0.2) is 14.8 Å². The zero-order valence-corrected chi connectivity index (χ0v) is 16.0. The highest BCUT2D eigenvalue weighted by molar-refractivity contribution is 6.06. The number of nitrogens with zero attached hydrogens (tertiary/aromatic N) is 3. The number of ether oxygens (including phenoxy) is 3. The van der Waals surface area contributed by atoms with Gasteiger partial charge in [0.05, 0.1) is 24.7 Å². The van der Waals surface area contributed by atoms with E-state index in [9.17, 15) is 4.79 Å². The van der Waals surface area contributed by atoms with E-state index in [4.69, 9.17) is 15.2 Å². The Morgan fingerprint density at radius 3 is 2.70 bits per heavy atom. The van der Waals surface area contributed by atoms with Gasteiger partial charge in [-0.2, -0.15) is 0 Å². The van der Waals surface area contributed by atoms with Crippen molar-refractivity contribution in [2.45, 2.75) is 39.5 Å². The lowest BCUT2D eigenvalue weighted by Crippen LogP contribution is -2.34. The molecule has 0 spiro atoms. The molecule has 0 aliphatic rings. The lowest BCUT2D eigenvalue weighted by Gasteiger charge is -2.26. The number of aromatic nitrogens is 3. The Bertz CT molecular complexity index is 981. The summed E-state index contributed by atoms with van der Waals surface area (Å²) >= 11 is 0. The molecule has 0 aliphatic carbocycles. The second kappa shape index (κ2) is 7.40. The van der Waals surface area contributed by atoms with Crippen molar-refractivity contribution >= 4 is 33.9 Å². The van der Waals surface area contributed by atoms with Crippen molar-refractivity contribution in [2.75, 3.05) is 19.5 Å². The van der Waals surface area contributed by atoms with Crippen LogP contribution in [0.25, 0.3) is 21.9 Å². The Morgan fingerprint density at radius 2 is 2.00 bits per heavy atom. The third-order valence-corrected chi connectivity index (χ3v) is 4.19. The van der Waals surface area contributed by atoms with E-state index >= 15 is 0 Å². The van der Waals surface area contributed by atoms with E-state index in [1.165, 1.54) is 7.11 Å². The largest absolute Gasteiger partial charge is 0.508 e. The van der Waals surface area contributed by atoms with Crippen molar-refractivity contribution in [3.63, 3.8) is 0 Å². The molecule has 27 heavy (non-hydrogen) atoms. The summed E-state index contributed by atoms with van der Waals surface area (Å²) in [5.41, 5.74) is 7.56. The lowest BCUT2D eigenvalue weighted by molar-refractivity contribution is -0.0161. The molecule has 0 bridgehead atoms. The lowest BCUT2D eigenvalue weighted by atomic mass is 10.1. The van der Waals surface area contributed by atoms with Crippen molar-refractivity contribution < 1.29 is 19.0 Å². The number of benzene rings is 1. The zero-order valence-electron chi connectivity index (χ0n) is 16.0. The second-order valence-corrected chi connectivity index (χ2v) is 6.78. The Morgan fingerprint density at radius 1 is 1.26 bits per heavy atom. The van der Waals surface area contributed by atoms with Crippen LogP contribution in [-0.4, -0.2) is 40.0 Å². The number of carbonyl (C=O) groups is 1. The van der Waals surface area contributed by atoms with Crippen LogP contribution in [0, 0.1) is 0 Å². The summed E-state index contributed by atoms with van der Waals surface area (Å²) in [7, 11) is 1.28. The Hall–Kier alpha value is -2.87. The minimum atomic E-state index is -0.833. The highest BCUT2D eigenvalue weighted by Crippen LogP contribution is 2.30. The van der Waals surface area contributed by atoms with E-state index in [0.29, 0.717) is 36.9 Å². The van der Waals surface area contributed by atoms with E-state index < -0.39 is 11.8 Å². The molecule has 2 N–H and O–H groups in total. The van der Waals surface area contributed by atoms with E-state index in [1.807, 2.05) is 49.6 Å². The fraction of sp³-hybridized carbons (Fsp3) is 0.421. The molecule has 2 aromatic heterocycles. The van der Waals surface area contributed by atoms with Crippen LogP contribution in [0.1, 0.15) is 26.6 Å². The van der Waals surface area contributed by atoms with Crippen LogP contribution in [0.5, 0.6) is 0 Å². The van der Waals surface area contributed by atoms with E-state index in [2.05, 4.69) is 14.7 Å². The molecule has 0 unspecified atom stereocenters. The molecule has 0 saturated heterocycles. The molecular formula is C19H24N4O4. The summed E-state index contributed by atoms with van der Waals surface area (Å²) in [6.45, 7) is 6.77. The van der Waals surface area contributed by atoms with Crippen LogP contribution >= 0.6 is 0 Å². The number of hydrogen-bond acceptors (Lipinski definition) is 7. The van der Waals surface area contributed by atoms with Gasteiger partial charge in [-0.15, -0.1) is 0 Å². The highest BCUT2D eigenvalue weighted by atomic mass is 16.7. The first kappa shape index (κ1) is 18.9. The van der Waals surface area contributed by atoms with Gasteiger partial charge in [-0.3, -0.25) is 0 Å². The average Bonchev–Trinajstić information content (AvgIpc) is 2.98. The average molecular weight is 372 g/mol. The normalized spacial score (nSPS) is 11.9. The number of imidazole rings is 1. The molecule has 2 heterocycles. The standard InChI is InChI=1S/C19H24N4O4/c1-5-26-10-14-22-15-16(12-8-6-7-9-13(12)21-17(15)20)23(14)11-19(2,3)27-18(24)25-4/h6-9H,5,10-11H2,1-4H3,(H2,20,21). The first-order valence-corrected chi connectivity index (χ1v) is 8.74. The third-order valence-electron chi connectivity index (χ3n) is 4.19. The van der Waals surface area contributed by atoms with Crippen molar-refractivity contribution in [3.8, 4) is 0 Å². The van der Waals surface area contributed by atoms with Gasteiger partial charge < -0.3 is 24.5 Å². The molecule has 0 radical (unpaired) electrons. The first-order valence-electron chi connectivity index (χ1n) is 8.74. The molecule has 0 aliphatic heterocycles. The first-order chi connectivity index (χ1) is 12.9. The van der Waals surface area contributed by atoms with Crippen molar-refractivity contribution in [2.24, 2.45) is 0 Å². The maximum Gasteiger partial charge on any atom is 0.508 e. The fourth-order valence-electron chi connectivity index (χ4n) is 3.06. The molecule has 1 aromatic carbocycles. The topological polar surface area (TPSA) is 101 Å². The van der Waals surface area contributed by atoms with Crippen molar-refractivity contribution in [1.82, 2.24) is 14.5 Å². The second-order valence-electron chi connectivity index (χ2n) is 6.78. The van der Waals surface area contributed by atoms with E-state index in [1.54, 1.807) is 0 Å². The number of para-hydroxylation sites is 1. The number of anilines is 1. The van der Waals surface area contributed by atoms with Crippen LogP contribution in [0.15, 0.2) is 24.3 Å². The summed E-state index contributed by atoms with van der Waals surface area (Å²) in [6, 6.07) is 7.73. The van der Waals surface area contributed by atoms with Gasteiger partial charge in [0.2, 0.25) is 0 Å². The molecular weight excluding hydrogens is 348 g/mol. The summed E-state index contributed by atoms with van der Waals surface area (Å²) in [6.07, 6.45) is -0.734. The minimum absolute atomic E-state index is 0.313. The van der Waals surface area contributed by atoms with Gasteiger partial charge in [0.1, 0.15) is 23.5 Å². The number of fused-ring (bicyclic) bond motifs is 3. The Labute approximate surface area is 157 Å². The summed E-state index contributed by atoms with van der Waals surface area (Å²) in [4.78, 5) is 20.7. The van der Waals surface area contributed by atoms with Gasteiger partial charge in [-0.1, -0.05) is 18.2 Å². The maximum atomic E-state index is 11.6. The van der Waals surface area contributed by atoms with Crippen molar-refractivity contribution in [3.05, 3.63) is 30.1 Å². The van der Waals surface area contributed by atoms with Crippen molar-refractivity contribution in [1.29, 1.82) is 0 Å². The summed E-state index contributed by atoms with van der Waals surface area (Å²) < 4.78 is 17.6. The number of pyridine rings is 1. The molecule has 0 amide bonds. The number of nitrogens with two attached hydrogens (primary N) is 1. The smallest absolute Gasteiger partial charge is 0.438 e. The zero-order chi connectivity index (χ0) is 19.6. The number of rotatable bonds is 6. The van der Waals surface area contributed by atoms with Gasteiger partial charge in [0.15, 0.2) is 5.82 Å². The maximum absolute atomic E-state index is 11.6. The molecule has 144 valence electrons. The van der Waals surface area contributed by atoms with Crippen LogP contribution in [0.4, 0.5) is 10.6 Å². The number of methoxy groups -OCH3 is 1. The van der Waals surface area contributed by atoms with Gasteiger partial charge in [-0.05, 0) is 26.8 Å². The third kappa shape index (κ3) is 3.80. The number of nitrogen functional groups attached to an aromatic ring is 1. The Balaban J connectivity index is 2.19. The summed E-state index contributed by atoms with van der Waals surface area (Å²) in [5.74, 6) is 1.05. The SMILES string of the molecule is CCOCc1nc2c(N)nc3ccccc3c2n1CC(C)(C)OC(=O)OC. The van der Waals surface area contributed by atoms with Crippen LogP contribution < -0.4 is 5.73 Å². The predicted molar refractivity (Wildman–Crippen MR) is 102 cm³/mol. The van der Waals surface area contributed by atoms with Crippen LogP contribution in [0.3, 0.4) is 0 Å². The predicted octanol–water partition coefficient (Wildman–Crippen LogP) is 3.26. The van der Waals surface area contributed by atoms with Crippen LogP contribution in [-0.2, 0) is 27.4 Å². The number of carbonyl (C=O) groups excluding carboxylic acids is 1. The molecule has 3 rings (SSSR count). The molecule has 0 fully saturated rings. The minimum Gasteiger partial charge on any atom is -0.438 e. The fourth-order valence-corrected chi connectivity index (χ4v) is 3.06. The molecule has 8 nitrogen and oxygen atoms in total. The summed E-state index contributed by atoms with van der Waals surface area (Å²) in [5, 5.41) is 0.922. The number of hydrogen-bond donors (Lipinski definition) is 1. The monoisotopic (exact) mass is 372 g/mol. The Kier molecular flexibility index (Phi) is 5.18. The van der Waals surface area contributed by atoms with Crippen LogP contribution in [0.2, 0.25) is 0 Å². The quantitative estimate of drug-likeness (QED) is 0.663. The van der Waals surface area contributed by atoms with E-state index in [0.717, 1.165) is 16.4 Å². The van der Waals surface area contributed by atoms with E-state index in [-0.39, 0.29) is 0 Å². The molecule has 0 saturated carbocycles. The molecule has 3 aromatic rings. The van der Waals surface area contributed by atoms with Gasteiger partial charge >= 0.3 is 6.16 Å².